The highest BCUT2D eigenvalue weighted by molar-refractivity contribution is 7.16. The summed E-state index contributed by atoms with van der Waals surface area (Å²) in [4.78, 5) is 17.4. The predicted octanol–water partition coefficient (Wildman–Crippen LogP) is 0.826. The zero-order valence-corrected chi connectivity index (χ0v) is 8.80. The molecule has 0 saturated carbocycles. The lowest BCUT2D eigenvalue weighted by Gasteiger charge is -2.04. The van der Waals surface area contributed by atoms with Crippen LogP contribution in [0.2, 0.25) is 0 Å². The molecule has 1 rings (SSSR count). The molecule has 0 saturated heterocycles. The van der Waals surface area contributed by atoms with Crippen molar-refractivity contribution in [2.24, 2.45) is 5.73 Å². The topological polar surface area (TPSA) is 101 Å². The third-order valence-corrected chi connectivity index (χ3v) is 1.62. The Morgan fingerprint density at radius 1 is 1.40 bits per heavy atom. The average Bonchev–Trinajstić information content (AvgIpc) is 2.20. The van der Waals surface area contributed by atoms with Crippen LogP contribution in [0.3, 0.4) is 0 Å². The van der Waals surface area contributed by atoms with Crippen molar-refractivity contribution in [3.8, 4) is 0 Å². The van der Waals surface area contributed by atoms with Gasteiger partial charge in [-0.05, 0) is 12.0 Å². The molecule has 0 heterocycles. The predicted molar refractivity (Wildman–Crippen MR) is 55.6 cm³/mol. The molecular formula is C9H12NO4P. The number of aliphatic carboxylic acids is 1. The van der Waals surface area contributed by atoms with Crippen LogP contribution in [-0.4, -0.2) is 22.0 Å². The van der Waals surface area contributed by atoms with Crippen LogP contribution in [0.1, 0.15) is 5.56 Å². The van der Waals surface area contributed by atoms with Crippen molar-refractivity contribution in [1.29, 1.82) is 0 Å². The maximum atomic E-state index is 10.4. The highest BCUT2D eigenvalue weighted by atomic mass is 31.1. The van der Waals surface area contributed by atoms with Crippen LogP contribution in [0.15, 0.2) is 30.3 Å². The van der Waals surface area contributed by atoms with Gasteiger partial charge in [-0.1, -0.05) is 30.3 Å². The highest BCUT2D eigenvalue weighted by Crippen LogP contribution is 2.01. The Balaban J connectivity index is 0.000000583. The van der Waals surface area contributed by atoms with E-state index < -0.39 is 20.7 Å². The molecule has 0 spiro atoms. The average molecular weight is 229 g/mol. The van der Waals surface area contributed by atoms with Gasteiger partial charge >= 0.3 is 14.7 Å². The fraction of sp³-hybridized carbons (Fsp3) is 0.222. The van der Waals surface area contributed by atoms with Gasteiger partial charge in [-0.2, -0.15) is 0 Å². The second-order valence-corrected chi connectivity index (χ2v) is 2.88. The van der Waals surface area contributed by atoms with Gasteiger partial charge in [0.05, 0.1) is 0 Å². The number of benzene rings is 1. The Kier molecular flexibility index (Phi) is 7.36. The summed E-state index contributed by atoms with van der Waals surface area (Å²) in [5.41, 5.74) is 6.30. The van der Waals surface area contributed by atoms with Crippen LogP contribution >= 0.6 is 8.69 Å². The minimum atomic E-state index is -0.959. The van der Waals surface area contributed by atoms with E-state index in [4.69, 9.17) is 20.3 Å². The van der Waals surface area contributed by atoms with Gasteiger partial charge in [0.15, 0.2) is 0 Å². The van der Waals surface area contributed by atoms with Gasteiger partial charge in [0, 0.05) is 0 Å². The maximum absolute atomic E-state index is 10.4. The van der Waals surface area contributed by atoms with Gasteiger partial charge in [0.1, 0.15) is 6.04 Å². The number of nitrogens with two attached hydrogens (primary N) is 1. The van der Waals surface area contributed by atoms with E-state index in [0.29, 0.717) is 6.42 Å². The van der Waals surface area contributed by atoms with E-state index in [2.05, 4.69) is 0 Å². The van der Waals surface area contributed by atoms with Crippen molar-refractivity contribution in [2.75, 3.05) is 0 Å². The molecule has 0 aromatic heterocycles. The molecule has 4 N–H and O–H groups in total. The molecule has 0 aliphatic carbocycles. The molecule has 6 heteroatoms. The van der Waals surface area contributed by atoms with E-state index in [0.717, 1.165) is 5.56 Å². The zero-order valence-electron chi connectivity index (χ0n) is 7.91. The Morgan fingerprint density at radius 3 is 2.27 bits per heavy atom. The first kappa shape index (κ1) is 13.7. The molecule has 0 aliphatic rings. The summed E-state index contributed by atoms with van der Waals surface area (Å²) < 4.78 is 8.46. The van der Waals surface area contributed by atoms with Gasteiger partial charge in [-0.25, -0.2) is 4.57 Å². The Morgan fingerprint density at radius 2 is 1.87 bits per heavy atom. The van der Waals surface area contributed by atoms with Crippen LogP contribution in [-0.2, 0) is 15.8 Å². The lowest BCUT2D eigenvalue weighted by molar-refractivity contribution is -0.138. The van der Waals surface area contributed by atoms with Crippen LogP contribution in [0, 0.1) is 0 Å². The van der Waals surface area contributed by atoms with Gasteiger partial charge in [0.25, 0.3) is 0 Å². The molecule has 0 bridgehead atoms. The Bertz CT molecular complexity index is 304. The number of hydrogen-bond acceptors (Lipinski definition) is 3. The number of carboxylic acid groups (broad SMARTS) is 1. The summed E-state index contributed by atoms with van der Waals surface area (Å²) in [6.07, 6.45) is 0.385. The van der Waals surface area contributed by atoms with Gasteiger partial charge in [0.2, 0.25) is 0 Å². The molecule has 5 nitrogen and oxygen atoms in total. The standard InChI is InChI=1S/C9H11NO2.HO2P/c10-8(9(11)12)6-7-4-2-1-3-5-7;1-3-2/h1-5,8H,6,10H2,(H,11,12);(H,1,2). The molecule has 15 heavy (non-hydrogen) atoms. The van der Waals surface area contributed by atoms with E-state index in [1.54, 1.807) is 0 Å². The van der Waals surface area contributed by atoms with E-state index in [1.165, 1.54) is 0 Å². The second kappa shape index (κ2) is 8.05. The van der Waals surface area contributed by atoms with Crippen LogP contribution in [0.5, 0.6) is 0 Å². The van der Waals surface area contributed by atoms with Gasteiger partial charge < -0.3 is 15.7 Å². The molecule has 1 aromatic carbocycles. The quantitative estimate of drug-likeness (QED) is 0.666. The summed E-state index contributed by atoms with van der Waals surface area (Å²) >= 11 is 0. The zero-order chi connectivity index (χ0) is 11.7. The Hall–Kier alpha value is -1.29. The van der Waals surface area contributed by atoms with E-state index in [-0.39, 0.29) is 0 Å². The van der Waals surface area contributed by atoms with Crippen molar-refractivity contribution in [2.45, 2.75) is 12.5 Å². The van der Waals surface area contributed by atoms with Gasteiger partial charge in [-0.3, -0.25) is 4.79 Å². The van der Waals surface area contributed by atoms with Crippen LogP contribution in [0.4, 0.5) is 0 Å². The first-order valence-corrected chi connectivity index (χ1v) is 4.87. The molecule has 1 atom stereocenters. The van der Waals surface area contributed by atoms with Gasteiger partial charge in [-0.15, -0.1) is 0 Å². The smallest absolute Gasteiger partial charge is 0.324 e. The molecule has 82 valence electrons. The fourth-order valence-corrected chi connectivity index (χ4v) is 0.955. The summed E-state index contributed by atoms with van der Waals surface area (Å²) in [6, 6.07) is 8.54. The third kappa shape index (κ3) is 6.74. The molecule has 1 unspecified atom stereocenters. The third-order valence-electron chi connectivity index (χ3n) is 1.62. The normalized spacial score (nSPS) is 11.3. The first-order valence-electron chi connectivity index (χ1n) is 4.10. The molecule has 0 amide bonds. The largest absolute Gasteiger partial charge is 0.480 e. The molecule has 1 aromatic rings. The van der Waals surface area contributed by atoms with Crippen LogP contribution in [0.25, 0.3) is 0 Å². The fourth-order valence-electron chi connectivity index (χ4n) is 0.955. The summed E-state index contributed by atoms with van der Waals surface area (Å²) in [5.74, 6) is -0.959. The van der Waals surface area contributed by atoms with Crippen molar-refractivity contribution in [3.63, 3.8) is 0 Å². The molecule has 0 radical (unpaired) electrons. The van der Waals surface area contributed by atoms with Crippen molar-refractivity contribution >= 4 is 14.7 Å². The van der Waals surface area contributed by atoms with E-state index in [9.17, 15) is 4.79 Å². The minimum absolute atomic E-state index is 0.385. The molecule has 0 fully saturated rings. The summed E-state index contributed by atoms with van der Waals surface area (Å²) in [5, 5.41) is 8.52. The minimum Gasteiger partial charge on any atom is -0.480 e. The molecular weight excluding hydrogens is 217 g/mol. The van der Waals surface area contributed by atoms with Crippen molar-refractivity contribution < 1.29 is 19.4 Å². The van der Waals surface area contributed by atoms with E-state index >= 15 is 0 Å². The molecule has 0 aliphatic heterocycles. The second-order valence-electron chi connectivity index (χ2n) is 2.72. The number of hydrogen-bond donors (Lipinski definition) is 3. The highest BCUT2D eigenvalue weighted by Gasteiger charge is 2.10. The number of carboxylic acids is 1. The van der Waals surface area contributed by atoms with E-state index in [1.807, 2.05) is 30.3 Å². The van der Waals surface area contributed by atoms with Crippen LogP contribution < -0.4 is 5.73 Å². The summed E-state index contributed by atoms with van der Waals surface area (Å²) in [7, 11) is -0.833. The maximum Gasteiger partial charge on any atom is 0.324 e. The lowest BCUT2D eigenvalue weighted by atomic mass is 10.1. The number of carbonyl (C=O) groups is 1. The monoisotopic (exact) mass is 229 g/mol. The van der Waals surface area contributed by atoms with Crippen molar-refractivity contribution in [1.82, 2.24) is 0 Å². The Labute approximate surface area is 88.8 Å². The lowest BCUT2D eigenvalue weighted by Crippen LogP contribution is -2.32. The SMILES string of the molecule is NC(Cc1ccccc1)C(=O)O.O=PO. The van der Waals surface area contributed by atoms with Crippen molar-refractivity contribution in [3.05, 3.63) is 35.9 Å². The summed E-state index contributed by atoms with van der Waals surface area (Å²) in [6.45, 7) is 0. The first-order chi connectivity index (χ1) is 7.11. The number of rotatable bonds is 3.